The molecule has 0 atom stereocenters. The van der Waals surface area contributed by atoms with Crippen LogP contribution in [-0.2, 0) is 20.1 Å². The Balaban J connectivity index is 0.000000720. The molecule has 63 valence electrons. The van der Waals surface area contributed by atoms with E-state index in [2.05, 4.69) is 26.5 Å². The SMILES string of the molecule is [Ir].[c-]1nncn1-c1cnccn1. The van der Waals surface area contributed by atoms with Crippen LogP contribution in [0, 0.1) is 6.33 Å². The smallest absolute Gasteiger partial charge is 0.0465 e. The quantitative estimate of drug-likeness (QED) is 0.679. The largest absolute Gasteiger partial charge is 0.434 e. The Morgan fingerprint density at radius 2 is 2.25 bits per heavy atom. The van der Waals surface area contributed by atoms with Crippen LogP contribution in [0.15, 0.2) is 24.9 Å². The molecule has 6 heteroatoms. The van der Waals surface area contributed by atoms with Gasteiger partial charge >= 0.3 is 0 Å². The molecule has 12 heavy (non-hydrogen) atoms. The van der Waals surface area contributed by atoms with Gasteiger partial charge in [0.15, 0.2) is 0 Å². The van der Waals surface area contributed by atoms with Crippen molar-refractivity contribution < 1.29 is 20.1 Å². The average Bonchev–Trinajstić information content (AvgIpc) is 2.58. The van der Waals surface area contributed by atoms with E-state index < -0.39 is 0 Å². The van der Waals surface area contributed by atoms with Gasteiger partial charge in [0, 0.05) is 57.2 Å². The van der Waals surface area contributed by atoms with E-state index in [-0.39, 0.29) is 20.1 Å². The third-order valence-corrected chi connectivity index (χ3v) is 1.17. The average molecular weight is 338 g/mol. The fourth-order valence-electron chi connectivity index (χ4n) is 0.703. The van der Waals surface area contributed by atoms with Crippen molar-refractivity contribution in [3.05, 3.63) is 31.2 Å². The van der Waals surface area contributed by atoms with E-state index in [1.54, 1.807) is 23.2 Å². The fraction of sp³-hybridized carbons (Fsp3) is 0. The molecule has 0 saturated heterocycles. The standard InChI is InChI=1S/C6H4N5.Ir/c1-2-8-6(3-7-1)11-4-9-10-5-11;/h1-4H;/q-1;. The molecule has 0 aliphatic carbocycles. The first-order chi connectivity index (χ1) is 5.47. The maximum absolute atomic E-state index is 4.01. The summed E-state index contributed by atoms with van der Waals surface area (Å²) in [6, 6.07) is 0. The van der Waals surface area contributed by atoms with Crippen LogP contribution < -0.4 is 0 Å². The molecule has 5 nitrogen and oxygen atoms in total. The van der Waals surface area contributed by atoms with Gasteiger partial charge in [0.05, 0.1) is 0 Å². The minimum atomic E-state index is 0. The van der Waals surface area contributed by atoms with Crippen molar-refractivity contribution in [1.82, 2.24) is 24.7 Å². The molecule has 0 aromatic carbocycles. The van der Waals surface area contributed by atoms with Crippen molar-refractivity contribution in [2.75, 3.05) is 0 Å². The Kier molecular flexibility index (Phi) is 3.01. The van der Waals surface area contributed by atoms with Gasteiger partial charge in [0.2, 0.25) is 0 Å². The summed E-state index contributed by atoms with van der Waals surface area (Å²) in [6.45, 7) is 0. The zero-order valence-electron chi connectivity index (χ0n) is 5.88. The molecule has 0 fully saturated rings. The van der Waals surface area contributed by atoms with Crippen molar-refractivity contribution in [3.63, 3.8) is 0 Å². The van der Waals surface area contributed by atoms with Crippen LogP contribution in [0.5, 0.6) is 0 Å². The molecular weight excluding hydrogens is 334 g/mol. The second kappa shape index (κ2) is 4.04. The van der Waals surface area contributed by atoms with Crippen molar-refractivity contribution in [1.29, 1.82) is 0 Å². The van der Waals surface area contributed by atoms with Gasteiger partial charge in [0.1, 0.15) is 0 Å². The van der Waals surface area contributed by atoms with Crippen LogP contribution in [0.2, 0.25) is 0 Å². The van der Waals surface area contributed by atoms with E-state index in [9.17, 15) is 0 Å². The number of aromatic nitrogens is 5. The van der Waals surface area contributed by atoms with Gasteiger partial charge in [-0.1, -0.05) is 0 Å². The first-order valence-corrected chi connectivity index (χ1v) is 3.01. The minimum absolute atomic E-state index is 0. The monoisotopic (exact) mass is 339 g/mol. The molecule has 2 rings (SSSR count). The zero-order valence-corrected chi connectivity index (χ0v) is 8.27. The van der Waals surface area contributed by atoms with E-state index in [4.69, 9.17) is 0 Å². The Hall–Kier alpha value is -1.13. The number of hydrogen-bond acceptors (Lipinski definition) is 4. The van der Waals surface area contributed by atoms with Gasteiger partial charge in [0.25, 0.3) is 0 Å². The van der Waals surface area contributed by atoms with Crippen LogP contribution in [0.4, 0.5) is 0 Å². The van der Waals surface area contributed by atoms with Crippen LogP contribution >= 0.6 is 0 Å². The summed E-state index contributed by atoms with van der Waals surface area (Å²) in [5, 5.41) is 7.11. The summed E-state index contributed by atoms with van der Waals surface area (Å²) in [7, 11) is 0. The molecule has 0 saturated carbocycles. The summed E-state index contributed by atoms with van der Waals surface area (Å²) < 4.78 is 1.56. The van der Waals surface area contributed by atoms with E-state index in [1.807, 2.05) is 0 Å². The van der Waals surface area contributed by atoms with Gasteiger partial charge in [-0.25, -0.2) is 10.2 Å². The summed E-state index contributed by atoms with van der Waals surface area (Å²) in [5.74, 6) is 0.664. The summed E-state index contributed by atoms with van der Waals surface area (Å²) >= 11 is 0. The van der Waals surface area contributed by atoms with Gasteiger partial charge in [-0.05, 0) is 0 Å². The van der Waals surface area contributed by atoms with Gasteiger partial charge in [-0.2, -0.15) is 0 Å². The Morgan fingerprint density at radius 1 is 1.33 bits per heavy atom. The predicted octanol–water partition coefficient (Wildman–Crippen LogP) is -0.145. The summed E-state index contributed by atoms with van der Waals surface area (Å²) in [4.78, 5) is 7.89. The predicted molar refractivity (Wildman–Crippen MR) is 35.8 cm³/mol. The maximum Gasteiger partial charge on any atom is 0.0465 e. The molecule has 2 aromatic heterocycles. The third-order valence-electron chi connectivity index (χ3n) is 1.17. The van der Waals surface area contributed by atoms with Crippen LogP contribution in [0.3, 0.4) is 0 Å². The Bertz CT molecular complexity index is 319. The molecule has 0 amide bonds. The van der Waals surface area contributed by atoms with Crippen molar-refractivity contribution in [3.8, 4) is 5.82 Å². The van der Waals surface area contributed by atoms with E-state index in [1.165, 1.54) is 6.33 Å². The van der Waals surface area contributed by atoms with Gasteiger partial charge in [-0.3, -0.25) is 9.97 Å². The third kappa shape index (κ3) is 1.72. The number of hydrogen-bond donors (Lipinski definition) is 0. The van der Waals surface area contributed by atoms with Crippen molar-refractivity contribution in [2.45, 2.75) is 0 Å². The van der Waals surface area contributed by atoms with E-state index in [0.717, 1.165) is 0 Å². The molecule has 2 aromatic rings. The van der Waals surface area contributed by atoms with Gasteiger partial charge in [-0.15, -0.1) is 0 Å². The molecule has 0 N–H and O–H groups in total. The van der Waals surface area contributed by atoms with Crippen molar-refractivity contribution in [2.24, 2.45) is 0 Å². The Labute approximate surface area is 82.2 Å². The molecule has 0 aliphatic rings. The first-order valence-electron chi connectivity index (χ1n) is 3.01. The van der Waals surface area contributed by atoms with Crippen LogP contribution in [0.25, 0.3) is 5.82 Å². The molecule has 0 bridgehead atoms. The number of rotatable bonds is 1. The number of nitrogens with zero attached hydrogens (tertiary/aromatic N) is 5. The Morgan fingerprint density at radius 3 is 2.83 bits per heavy atom. The minimum Gasteiger partial charge on any atom is -0.434 e. The second-order valence-corrected chi connectivity index (χ2v) is 1.86. The maximum atomic E-state index is 4.01. The van der Waals surface area contributed by atoms with E-state index in [0.29, 0.717) is 5.82 Å². The molecule has 0 aliphatic heterocycles. The van der Waals surface area contributed by atoms with E-state index >= 15 is 0 Å². The summed E-state index contributed by atoms with van der Waals surface area (Å²) in [5.41, 5.74) is 0. The fourth-order valence-corrected chi connectivity index (χ4v) is 0.703. The first kappa shape index (κ1) is 8.96. The summed E-state index contributed by atoms with van der Waals surface area (Å²) in [6.07, 6.45) is 8.94. The molecule has 1 radical (unpaired) electrons. The topological polar surface area (TPSA) is 56.5 Å². The molecular formula is C6H4IrN5-. The second-order valence-electron chi connectivity index (χ2n) is 1.86. The normalized spacial score (nSPS) is 9.00. The van der Waals surface area contributed by atoms with Crippen LogP contribution in [-0.4, -0.2) is 24.7 Å². The van der Waals surface area contributed by atoms with Crippen LogP contribution in [0.1, 0.15) is 0 Å². The molecule has 2 heterocycles. The molecule has 0 spiro atoms. The zero-order chi connectivity index (χ0) is 7.52. The molecule has 0 unspecified atom stereocenters. The van der Waals surface area contributed by atoms with Crippen molar-refractivity contribution >= 4 is 0 Å². The van der Waals surface area contributed by atoms with Gasteiger partial charge < -0.3 is 4.57 Å².